The number of likely N-dealkylation sites (N-methyl/N-ethyl adjacent to an activating group) is 2. The van der Waals surface area contributed by atoms with Crippen LogP contribution in [0, 0.1) is 0 Å². The number of hydrogen-bond acceptors (Lipinski definition) is 4. The summed E-state index contributed by atoms with van der Waals surface area (Å²) in [6.07, 6.45) is 4.11. The van der Waals surface area contributed by atoms with Gasteiger partial charge in [0.1, 0.15) is 0 Å². The highest BCUT2D eigenvalue weighted by molar-refractivity contribution is 5.85. The summed E-state index contributed by atoms with van der Waals surface area (Å²) >= 11 is 0. The molecular formula is C19H26F4N6O2. The Morgan fingerprint density at radius 2 is 1.19 bits per heavy atom. The molecule has 172 valence electrons. The molecule has 2 aromatic rings. The number of aryl methyl sites for hydroxylation is 2. The van der Waals surface area contributed by atoms with Crippen molar-refractivity contribution in [2.45, 2.75) is 45.2 Å². The molecule has 0 fully saturated rings. The molecule has 0 radical (unpaired) electrons. The van der Waals surface area contributed by atoms with Crippen molar-refractivity contribution in [3.8, 4) is 0 Å². The third-order valence-corrected chi connectivity index (χ3v) is 4.86. The minimum atomic E-state index is -3.77. The molecule has 2 aromatic heterocycles. The first-order valence-corrected chi connectivity index (χ1v) is 9.77. The lowest BCUT2D eigenvalue weighted by atomic mass is 10.1. The topological polar surface area (TPSA) is 76.3 Å². The number of amides is 2. The Morgan fingerprint density at radius 3 is 1.48 bits per heavy atom. The maximum absolute atomic E-state index is 14.4. The SMILES string of the molecule is CCn1cc(C(F)(F)C(=O)N(C)CCCN(C)C(=O)C(F)(F)c2cnn(CC)c2)cn1. The van der Waals surface area contributed by atoms with Gasteiger partial charge in [0.05, 0.1) is 23.5 Å². The molecule has 0 bridgehead atoms. The number of halogens is 4. The predicted octanol–water partition coefficient (Wildman–Crippen LogP) is 2.31. The molecule has 8 nitrogen and oxygen atoms in total. The van der Waals surface area contributed by atoms with Crippen LogP contribution in [0.5, 0.6) is 0 Å². The molecule has 0 saturated carbocycles. The molecule has 0 atom stereocenters. The molecule has 2 rings (SSSR count). The van der Waals surface area contributed by atoms with Gasteiger partial charge in [-0.2, -0.15) is 27.8 Å². The summed E-state index contributed by atoms with van der Waals surface area (Å²) in [4.78, 5) is 26.0. The zero-order chi connectivity index (χ0) is 23.4. The highest BCUT2D eigenvalue weighted by Crippen LogP contribution is 2.31. The first-order chi connectivity index (χ1) is 14.4. The van der Waals surface area contributed by atoms with E-state index in [1.54, 1.807) is 13.8 Å². The van der Waals surface area contributed by atoms with Crippen LogP contribution in [-0.4, -0.2) is 68.4 Å². The molecule has 0 aliphatic carbocycles. The van der Waals surface area contributed by atoms with E-state index in [4.69, 9.17) is 0 Å². The van der Waals surface area contributed by atoms with Gasteiger partial charge in [0.2, 0.25) is 0 Å². The number of hydrogen-bond donors (Lipinski definition) is 0. The summed E-state index contributed by atoms with van der Waals surface area (Å²) in [5, 5.41) is 7.49. The lowest BCUT2D eigenvalue weighted by Gasteiger charge is -2.25. The highest BCUT2D eigenvalue weighted by Gasteiger charge is 2.45. The van der Waals surface area contributed by atoms with Gasteiger partial charge in [-0.3, -0.25) is 19.0 Å². The molecule has 0 N–H and O–H groups in total. The molecule has 0 aliphatic heterocycles. The van der Waals surface area contributed by atoms with Crippen molar-refractivity contribution in [2.75, 3.05) is 27.2 Å². The van der Waals surface area contributed by atoms with Crippen LogP contribution in [-0.2, 0) is 34.5 Å². The van der Waals surface area contributed by atoms with Gasteiger partial charge in [0.15, 0.2) is 0 Å². The second kappa shape index (κ2) is 9.48. The lowest BCUT2D eigenvalue weighted by Crippen LogP contribution is -2.42. The fraction of sp³-hybridized carbons (Fsp3) is 0.579. The Labute approximate surface area is 177 Å². The predicted molar refractivity (Wildman–Crippen MR) is 103 cm³/mol. The molecule has 0 saturated heterocycles. The number of aromatic nitrogens is 4. The van der Waals surface area contributed by atoms with Crippen LogP contribution in [0.15, 0.2) is 24.8 Å². The highest BCUT2D eigenvalue weighted by atomic mass is 19.3. The van der Waals surface area contributed by atoms with Gasteiger partial charge >= 0.3 is 11.8 Å². The first kappa shape index (κ1) is 24.4. The normalized spacial score (nSPS) is 12.1. The van der Waals surface area contributed by atoms with Crippen molar-refractivity contribution < 1.29 is 27.2 Å². The van der Waals surface area contributed by atoms with E-state index in [2.05, 4.69) is 10.2 Å². The number of nitrogens with zero attached hydrogens (tertiary/aromatic N) is 6. The molecule has 31 heavy (non-hydrogen) atoms. The summed E-state index contributed by atoms with van der Waals surface area (Å²) in [5.74, 6) is -10.4. The van der Waals surface area contributed by atoms with Crippen molar-refractivity contribution in [2.24, 2.45) is 0 Å². The van der Waals surface area contributed by atoms with Crippen LogP contribution < -0.4 is 0 Å². The summed E-state index contributed by atoms with van der Waals surface area (Å²) in [7, 11) is 2.38. The van der Waals surface area contributed by atoms with E-state index >= 15 is 0 Å². The van der Waals surface area contributed by atoms with Crippen LogP contribution >= 0.6 is 0 Å². The van der Waals surface area contributed by atoms with Crippen molar-refractivity contribution in [1.82, 2.24) is 29.4 Å². The van der Waals surface area contributed by atoms with Gasteiger partial charge < -0.3 is 9.80 Å². The average molecular weight is 446 g/mol. The van der Waals surface area contributed by atoms with Crippen molar-refractivity contribution in [1.29, 1.82) is 0 Å². The van der Waals surface area contributed by atoms with Gasteiger partial charge in [-0.15, -0.1) is 0 Å². The quantitative estimate of drug-likeness (QED) is 0.525. The summed E-state index contributed by atoms with van der Waals surface area (Å²) in [5.41, 5.74) is -1.04. The molecule has 12 heteroatoms. The maximum Gasteiger partial charge on any atom is 0.352 e. The Hall–Kier alpha value is -2.92. The summed E-state index contributed by atoms with van der Waals surface area (Å²) < 4.78 is 60.2. The number of rotatable bonds is 10. The van der Waals surface area contributed by atoms with E-state index in [9.17, 15) is 27.2 Å². The molecular weight excluding hydrogens is 420 g/mol. The van der Waals surface area contributed by atoms with Crippen LogP contribution in [0.1, 0.15) is 31.4 Å². The minimum absolute atomic E-state index is 0.0408. The zero-order valence-electron chi connectivity index (χ0n) is 17.9. The molecule has 0 aromatic carbocycles. The molecule has 0 aliphatic rings. The molecule has 0 unspecified atom stereocenters. The van der Waals surface area contributed by atoms with Gasteiger partial charge in [-0.25, -0.2) is 0 Å². The smallest absolute Gasteiger partial charge is 0.340 e. The third kappa shape index (κ3) is 5.23. The largest absolute Gasteiger partial charge is 0.352 e. The van der Waals surface area contributed by atoms with Crippen molar-refractivity contribution in [3.05, 3.63) is 35.9 Å². The van der Waals surface area contributed by atoms with Crippen LogP contribution in [0.3, 0.4) is 0 Å². The third-order valence-electron chi connectivity index (χ3n) is 4.86. The van der Waals surface area contributed by atoms with Gasteiger partial charge in [-0.1, -0.05) is 0 Å². The van der Waals surface area contributed by atoms with E-state index in [0.717, 1.165) is 34.6 Å². The van der Waals surface area contributed by atoms with E-state index in [1.165, 1.54) is 23.5 Å². The Kier molecular flexibility index (Phi) is 7.45. The van der Waals surface area contributed by atoms with E-state index in [0.29, 0.717) is 13.1 Å². The van der Waals surface area contributed by atoms with Crippen LogP contribution in [0.2, 0.25) is 0 Å². The fourth-order valence-corrected chi connectivity index (χ4v) is 2.87. The monoisotopic (exact) mass is 446 g/mol. The minimum Gasteiger partial charge on any atom is -0.340 e. The van der Waals surface area contributed by atoms with E-state index < -0.39 is 34.8 Å². The standard InChI is InChI=1S/C19H26F4N6O2/c1-5-28-12-14(10-24-28)18(20,21)16(30)26(3)8-7-9-27(4)17(31)19(22,23)15-11-25-29(6-2)13-15/h10-13H,5-9H2,1-4H3. The Bertz CT molecular complexity index is 839. The molecule has 2 amide bonds. The summed E-state index contributed by atoms with van der Waals surface area (Å²) in [6, 6.07) is 0. The summed E-state index contributed by atoms with van der Waals surface area (Å²) in [6.45, 7) is 3.91. The van der Waals surface area contributed by atoms with Gasteiger partial charge in [0.25, 0.3) is 11.8 Å². The molecule has 0 spiro atoms. The Morgan fingerprint density at radius 1 is 0.839 bits per heavy atom. The maximum atomic E-state index is 14.4. The fourth-order valence-electron chi connectivity index (χ4n) is 2.87. The lowest BCUT2D eigenvalue weighted by molar-refractivity contribution is -0.158. The second-order valence-electron chi connectivity index (χ2n) is 7.13. The second-order valence-corrected chi connectivity index (χ2v) is 7.13. The molecule has 2 heterocycles. The van der Waals surface area contributed by atoms with Crippen LogP contribution in [0.4, 0.5) is 17.6 Å². The Balaban J connectivity index is 1.92. The van der Waals surface area contributed by atoms with Gasteiger partial charge in [0, 0.05) is 52.7 Å². The zero-order valence-corrected chi connectivity index (χ0v) is 17.9. The van der Waals surface area contributed by atoms with E-state index in [-0.39, 0.29) is 19.5 Å². The van der Waals surface area contributed by atoms with E-state index in [1.807, 2.05) is 0 Å². The first-order valence-electron chi connectivity index (χ1n) is 9.77. The number of carbonyl (C=O) groups is 2. The number of alkyl halides is 4. The van der Waals surface area contributed by atoms with Crippen molar-refractivity contribution in [3.63, 3.8) is 0 Å². The average Bonchev–Trinajstić information content (AvgIpc) is 3.42. The van der Waals surface area contributed by atoms with Crippen molar-refractivity contribution >= 4 is 11.8 Å². The van der Waals surface area contributed by atoms with Gasteiger partial charge in [-0.05, 0) is 20.3 Å². The number of carbonyl (C=O) groups excluding carboxylic acids is 2. The van der Waals surface area contributed by atoms with Crippen LogP contribution in [0.25, 0.3) is 0 Å².